The second-order valence-corrected chi connectivity index (χ2v) is 6.00. The summed E-state index contributed by atoms with van der Waals surface area (Å²) in [6, 6.07) is 0. The largest absolute Gasteiger partial charge is 0.393 e. The van der Waals surface area contributed by atoms with Gasteiger partial charge in [0.15, 0.2) is 0 Å². The first kappa shape index (κ1) is 18.3. The van der Waals surface area contributed by atoms with Crippen LogP contribution >= 0.6 is 0 Å². The lowest BCUT2D eigenvalue weighted by Gasteiger charge is -2.23. The molecule has 1 aliphatic rings. The molecule has 122 valence electrons. The molecule has 2 atom stereocenters. The smallest absolute Gasteiger partial charge is 0.226 e. The summed E-state index contributed by atoms with van der Waals surface area (Å²) in [6.07, 6.45) is 5.69. The van der Waals surface area contributed by atoms with E-state index >= 15 is 0 Å². The summed E-state index contributed by atoms with van der Waals surface area (Å²) in [5, 5.41) is 12.3. The third-order valence-electron chi connectivity index (χ3n) is 3.72. The molecular formula is C17H25NO4. The molecule has 0 aromatic heterocycles. The maximum atomic E-state index is 12.1. The topological polar surface area (TPSA) is 83.5 Å². The Morgan fingerprint density at radius 2 is 1.95 bits per heavy atom. The first-order valence-electron chi connectivity index (χ1n) is 7.66. The number of amides is 2. The minimum absolute atomic E-state index is 0.0389. The molecule has 0 aromatic rings. The van der Waals surface area contributed by atoms with E-state index in [1.165, 1.54) is 0 Å². The number of aliphatic hydroxyl groups excluding tert-OH is 1. The van der Waals surface area contributed by atoms with Gasteiger partial charge in [0, 0.05) is 25.2 Å². The maximum Gasteiger partial charge on any atom is 0.226 e. The summed E-state index contributed by atoms with van der Waals surface area (Å²) in [4.78, 5) is 34.7. The van der Waals surface area contributed by atoms with Crippen molar-refractivity contribution >= 4 is 17.6 Å². The van der Waals surface area contributed by atoms with Gasteiger partial charge in [0.05, 0.1) is 6.10 Å². The van der Waals surface area contributed by atoms with Crippen LogP contribution in [0.2, 0.25) is 0 Å². The van der Waals surface area contributed by atoms with Gasteiger partial charge in [0.25, 0.3) is 0 Å². The number of piperidine rings is 1. The highest BCUT2D eigenvalue weighted by atomic mass is 16.3. The number of rotatable bonds is 7. The highest BCUT2D eigenvalue weighted by molar-refractivity contribution is 5.97. The Bertz CT molecular complexity index is 477. The van der Waals surface area contributed by atoms with E-state index in [0.717, 1.165) is 5.57 Å². The molecule has 1 rings (SSSR count). The second kappa shape index (κ2) is 8.63. The molecule has 0 spiro atoms. The van der Waals surface area contributed by atoms with Crippen molar-refractivity contribution in [3.63, 3.8) is 0 Å². The SMILES string of the molecule is C/C=C/C(C)=C/C(C)C(=O)CC(O)CC1CC(=O)NC(=O)C1. The van der Waals surface area contributed by atoms with E-state index in [0.29, 0.717) is 6.42 Å². The van der Waals surface area contributed by atoms with Crippen molar-refractivity contribution in [2.45, 2.75) is 52.6 Å². The Hall–Kier alpha value is -1.75. The number of carbonyl (C=O) groups is 3. The van der Waals surface area contributed by atoms with Crippen LogP contribution in [0.5, 0.6) is 0 Å². The zero-order valence-electron chi connectivity index (χ0n) is 13.5. The lowest BCUT2D eigenvalue weighted by Crippen LogP contribution is -2.39. The number of allylic oxidation sites excluding steroid dienone is 4. The minimum Gasteiger partial charge on any atom is -0.393 e. The number of hydrogen-bond acceptors (Lipinski definition) is 4. The van der Waals surface area contributed by atoms with Crippen molar-refractivity contribution in [1.82, 2.24) is 5.32 Å². The van der Waals surface area contributed by atoms with E-state index in [-0.39, 0.29) is 48.7 Å². The first-order valence-corrected chi connectivity index (χ1v) is 7.66. The molecule has 0 aliphatic carbocycles. The zero-order chi connectivity index (χ0) is 16.7. The molecule has 2 unspecified atom stereocenters. The van der Waals surface area contributed by atoms with Crippen molar-refractivity contribution in [2.75, 3.05) is 0 Å². The Morgan fingerprint density at radius 3 is 2.50 bits per heavy atom. The summed E-state index contributed by atoms with van der Waals surface area (Å²) in [7, 11) is 0. The van der Waals surface area contributed by atoms with Crippen LogP contribution in [0.15, 0.2) is 23.8 Å². The fourth-order valence-corrected chi connectivity index (χ4v) is 2.71. The first-order chi connectivity index (χ1) is 10.3. The van der Waals surface area contributed by atoms with Gasteiger partial charge in [-0.25, -0.2) is 0 Å². The molecule has 5 nitrogen and oxygen atoms in total. The number of imide groups is 1. The van der Waals surface area contributed by atoms with Gasteiger partial charge in [-0.3, -0.25) is 19.7 Å². The van der Waals surface area contributed by atoms with E-state index in [1.54, 1.807) is 6.92 Å². The lowest BCUT2D eigenvalue weighted by atomic mass is 9.88. The highest BCUT2D eigenvalue weighted by Gasteiger charge is 2.27. The van der Waals surface area contributed by atoms with Crippen LogP contribution < -0.4 is 5.32 Å². The molecule has 2 N–H and O–H groups in total. The van der Waals surface area contributed by atoms with Crippen molar-refractivity contribution in [1.29, 1.82) is 0 Å². The average Bonchev–Trinajstić information content (AvgIpc) is 2.36. The molecule has 22 heavy (non-hydrogen) atoms. The van der Waals surface area contributed by atoms with Gasteiger partial charge < -0.3 is 5.11 Å². The third kappa shape index (κ3) is 6.35. The Labute approximate surface area is 131 Å². The molecular weight excluding hydrogens is 282 g/mol. The number of Topliss-reactive ketones (excluding diaryl/α,β-unsaturated/α-hetero) is 1. The van der Waals surface area contributed by atoms with E-state index in [9.17, 15) is 19.5 Å². The minimum atomic E-state index is -0.811. The van der Waals surface area contributed by atoms with E-state index in [1.807, 2.05) is 32.1 Å². The van der Waals surface area contributed by atoms with Gasteiger partial charge in [-0.1, -0.05) is 30.7 Å². The maximum absolute atomic E-state index is 12.1. The predicted molar refractivity (Wildman–Crippen MR) is 83.9 cm³/mol. The summed E-state index contributed by atoms with van der Waals surface area (Å²) >= 11 is 0. The monoisotopic (exact) mass is 307 g/mol. The van der Waals surface area contributed by atoms with Gasteiger partial charge in [0.1, 0.15) is 5.78 Å². The molecule has 0 saturated carbocycles. The normalized spacial score (nSPS) is 20.1. The number of aliphatic hydroxyl groups is 1. The van der Waals surface area contributed by atoms with Gasteiger partial charge in [0.2, 0.25) is 11.8 Å². The quantitative estimate of drug-likeness (QED) is 0.556. The molecule has 1 saturated heterocycles. The second-order valence-electron chi connectivity index (χ2n) is 6.00. The summed E-state index contributed by atoms with van der Waals surface area (Å²) in [5.41, 5.74) is 1.01. The lowest BCUT2D eigenvalue weighted by molar-refractivity contribution is -0.135. The summed E-state index contributed by atoms with van der Waals surface area (Å²) in [5.74, 6) is -1.10. The Morgan fingerprint density at radius 1 is 1.36 bits per heavy atom. The molecule has 2 amide bonds. The average molecular weight is 307 g/mol. The molecule has 1 heterocycles. The van der Waals surface area contributed by atoms with Crippen molar-refractivity contribution in [3.8, 4) is 0 Å². The van der Waals surface area contributed by atoms with Crippen LogP contribution in [0.4, 0.5) is 0 Å². The van der Waals surface area contributed by atoms with Gasteiger partial charge in [-0.2, -0.15) is 0 Å². The molecule has 5 heteroatoms. The highest BCUT2D eigenvalue weighted by Crippen LogP contribution is 2.21. The fraction of sp³-hybridized carbons (Fsp3) is 0.588. The predicted octanol–water partition coefficient (Wildman–Crippen LogP) is 1.91. The molecule has 0 aromatic carbocycles. The summed E-state index contributed by atoms with van der Waals surface area (Å²) < 4.78 is 0. The summed E-state index contributed by atoms with van der Waals surface area (Å²) in [6.45, 7) is 5.64. The molecule has 1 aliphatic heterocycles. The zero-order valence-corrected chi connectivity index (χ0v) is 13.5. The van der Waals surface area contributed by atoms with E-state index < -0.39 is 6.10 Å². The van der Waals surface area contributed by atoms with Crippen LogP contribution in [0.25, 0.3) is 0 Å². The standard InChI is InChI=1S/C17H25NO4/c1-4-5-11(2)6-12(3)15(20)10-14(19)7-13-8-16(21)18-17(22)9-13/h4-6,12-14,19H,7-10H2,1-3H3,(H,18,21,22)/b5-4+,11-6+. The van der Waals surface area contributed by atoms with E-state index in [2.05, 4.69) is 5.32 Å². The Kier molecular flexibility index (Phi) is 7.18. The van der Waals surface area contributed by atoms with Gasteiger partial charge in [-0.05, 0) is 26.2 Å². The van der Waals surface area contributed by atoms with Crippen LogP contribution in [0.1, 0.15) is 46.5 Å². The van der Waals surface area contributed by atoms with Gasteiger partial charge >= 0.3 is 0 Å². The van der Waals surface area contributed by atoms with Crippen LogP contribution in [0.3, 0.4) is 0 Å². The number of ketones is 1. The number of hydrogen-bond donors (Lipinski definition) is 2. The van der Waals surface area contributed by atoms with Crippen LogP contribution in [0, 0.1) is 11.8 Å². The molecule has 1 fully saturated rings. The van der Waals surface area contributed by atoms with Crippen LogP contribution in [-0.4, -0.2) is 28.8 Å². The van der Waals surface area contributed by atoms with Crippen LogP contribution in [-0.2, 0) is 14.4 Å². The van der Waals surface area contributed by atoms with Crippen molar-refractivity contribution in [2.24, 2.45) is 11.8 Å². The van der Waals surface area contributed by atoms with Crippen molar-refractivity contribution < 1.29 is 19.5 Å². The molecule has 0 radical (unpaired) electrons. The molecule has 0 bridgehead atoms. The number of carbonyl (C=O) groups excluding carboxylic acids is 3. The van der Waals surface area contributed by atoms with Crippen molar-refractivity contribution in [3.05, 3.63) is 23.8 Å². The van der Waals surface area contributed by atoms with Gasteiger partial charge in [-0.15, -0.1) is 0 Å². The third-order valence-corrected chi connectivity index (χ3v) is 3.72. The number of nitrogens with one attached hydrogen (secondary N) is 1. The fourth-order valence-electron chi connectivity index (χ4n) is 2.71. The Balaban J connectivity index is 2.48. The van der Waals surface area contributed by atoms with E-state index in [4.69, 9.17) is 0 Å².